The normalized spacial score (nSPS) is 31.7. The standard InChI is InChI=1S/C15H30N2O/c1-16-10-4-2-6-14(16)8-12-17-11-5-3-7-15(17)9-13-18/h14-15,18H,2-13H2,1H3. The summed E-state index contributed by atoms with van der Waals surface area (Å²) >= 11 is 0. The van der Waals surface area contributed by atoms with Crippen LogP contribution in [0.4, 0.5) is 0 Å². The first-order valence-corrected chi connectivity index (χ1v) is 7.86. The summed E-state index contributed by atoms with van der Waals surface area (Å²) in [6.07, 6.45) is 10.5. The highest BCUT2D eigenvalue weighted by Gasteiger charge is 2.24. The van der Waals surface area contributed by atoms with E-state index in [0.717, 1.165) is 12.5 Å². The number of aliphatic hydroxyl groups is 1. The molecule has 18 heavy (non-hydrogen) atoms. The molecule has 0 aromatic rings. The molecule has 1 N–H and O–H groups in total. The van der Waals surface area contributed by atoms with Crippen molar-refractivity contribution in [2.24, 2.45) is 0 Å². The Kier molecular flexibility index (Phi) is 5.93. The van der Waals surface area contributed by atoms with Gasteiger partial charge in [0.2, 0.25) is 0 Å². The molecular formula is C15H30N2O. The van der Waals surface area contributed by atoms with Crippen molar-refractivity contribution in [2.75, 3.05) is 33.3 Å². The monoisotopic (exact) mass is 254 g/mol. The van der Waals surface area contributed by atoms with Crippen LogP contribution in [0.3, 0.4) is 0 Å². The lowest BCUT2D eigenvalue weighted by Crippen LogP contribution is -2.44. The van der Waals surface area contributed by atoms with E-state index in [2.05, 4.69) is 16.8 Å². The quantitative estimate of drug-likeness (QED) is 0.814. The van der Waals surface area contributed by atoms with E-state index < -0.39 is 0 Å². The second kappa shape index (κ2) is 7.46. The lowest BCUT2D eigenvalue weighted by Gasteiger charge is -2.38. The number of nitrogens with zero attached hydrogens (tertiary/aromatic N) is 2. The second-order valence-electron chi connectivity index (χ2n) is 6.12. The molecule has 2 heterocycles. The van der Waals surface area contributed by atoms with Crippen molar-refractivity contribution in [1.82, 2.24) is 9.80 Å². The highest BCUT2D eigenvalue weighted by atomic mass is 16.3. The van der Waals surface area contributed by atoms with Crippen LogP contribution < -0.4 is 0 Å². The van der Waals surface area contributed by atoms with Crippen LogP contribution in [0.1, 0.15) is 51.4 Å². The Morgan fingerprint density at radius 3 is 2.39 bits per heavy atom. The number of hydrogen-bond donors (Lipinski definition) is 1. The maximum absolute atomic E-state index is 9.16. The largest absolute Gasteiger partial charge is 0.396 e. The molecular weight excluding hydrogens is 224 g/mol. The fourth-order valence-corrected chi connectivity index (χ4v) is 3.65. The fourth-order valence-electron chi connectivity index (χ4n) is 3.65. The van der Waals surface area contributed by atoms with Crippen molar-refractivity contribution < 1.29 is 5.11 Å². The SMILES string of the molecule is CN1CCCCC1CCN1CCCCC1CCO. The third-order valence-electron chi connectivity index (χ3n) is 4.88. The minimum absolute atomic E-state index is 0.352. The Hall–Kier alpha value is -0.120. The zero-order valence-corrected chi connectivity index (χ0v) is 12.0. The number of likely N-dealkylation sites (tertiary alicyclic amines) is 2. The van der Waals surface area contributed by atoms with Gasteiger partial charge in [-0.1, -0.05) is 12.8 Å². The summed E-state index contributed by atoms with van der Waals surface area (Å²) in [6.45, 7) is 4.12. The molecule has 2 aliphatic rings. The van der Waals surface area contributed by atoms with Crippen LogP contribution in [0.15, 0.2) is 0 Å². The smallest absolute Gasteiger partial charge is 0.0445 e. The molecule has 0 spiro atoms. The molecule has 3 heteroatoms. The van der Waals surface area contributed by atoms with Crippen LogP contribution in [0, 0.1) is 0 Å². The predicted molar refractivity (Wildman–Crippen MR) is 75.8 cm³/mol. The van der Waals surface area contributed by atoms with Crippen LogP contribution >= 0.6 is 0 Å². The van der Waals surface area contributed by atoms with Crippen LogP contribution in [-0.4, -0.2) is 60.3 Å². The van der Waals surface area contributed by atoms with E-state index in [1.54, 1.807) is 0 Å². The van der Waals surface area contributed by atoms with Crippen molar-refractivity contribution in [2.45, 2.75) is 63.5 Å². The fraction of sp³-hybridized carbons (Fsp3) is 1.00. The van der Waals surface area contributed by atoms with E-state index in [-0.39, 0.29) is 0 Å². The predicted octanol–water partition coefficient (Wildman–Crippen LogP) is 2.10. The average molecular weight is 254 g/mol. The van der Waals surface area contributed by atoms with Gasteiger partial charge in [0.25, 0.3) is 0 Å². The van der Waals surface area contributed by atoms with Gasteiger partial charge < -0.3 is 14.9 Å². The highest BCUT2D eigenvalue weighted by Crippen LogP contribution is 2.22. The molecule has 2 saturated heterocycles. The van der Waals surface area contributed by atoms with Gasteiger partial charge in [0.15, 0.2) is 0 Å². The van der Waals surface area contributed by atoms with Crippen molar-refractivity contribution in [1.29, 1.82) is 0 Å². The number of aliphatic hydroxyl groups excluding tert-OH is 1. The van der Waals surface area contributed by atoms with Gasteiger partial charge in [-0.15, -0.1) is 0 Å². The summed E-state index contributed by atoms with van der Waals surface area (Å²) in [7, 11) is 2.28. The summed E-state index contributed by atoms with van der Waals surface area (Å²) in [4.78, 5) is 5.19. The van der Waals surface area contributed by atoms with Gasteiger partial charge >= 0.3 is 0 Å². The summed E-state index contributed by atoms with van der Waals surface area (Å²) in [6, 6.07) is 1.45. The van der Waals surface area contributed by atoms with Gasteiger partial charge in [-0.05, 0) is 65.2 Å². The maximum atomic E-state index is 9.16. The Morgan fingerprint density at radius 1 is 0.944 bits per heavy atom. The van der Waals surface area contributed by atoms with Crippen molar-refractivity contribution >= 4 is 0 Å². The van der Waals surface area contributed by atoms with Crippen LogP contribution in [0.25, 0.3) is 0 Å². The molecule has 0 radical (unpaired) electrons. The van der Waals surface area contributed by atoms with E-state index >= 15 is 0 Å². The summed E-state index contributed by atoms with van der Waals surface area (Å²) in [5.41, 5.74) is 0. The third-order valence-corrected chi connectivity index (χ3v) is 4.88. The van der Waals surface area contributed by atoms with Gasteiger partial charge in [0, 0.05) is 18.7 Å². The van der Waals surface area contributed by atoms with Gasteiger partial charge in [-0.2, -0.15) is 0 Å². The lowest BCUT2D eigenvalue weighted by atomic mass is 9.96. The zero-order valence-electron chi connectivity index (χ0n) is 12.0. The van der Waals surface area contributed by atoms with E-state index in [4.69, 9.17) is 5.11 Å². The lowest BCUT2D eigenvalue weighted by molar-refractivity contribution is 0.0962. The summed E-state index contributed by atoms with van der Waals surface area (Å²) < 4.78 is 0. The number of hydrogen-bond acceptors (Lipinski definition) is 3. The van der Waals surface area contributed by atoms with Gasteiger partial charge in [-0.25, -0.2) is 0 Å². The second-order valence-corrected chi connectivity index (χ2v) is 6.12. The number of piperidine rings is 2. The number of rotatable bonds is 5. The molecule has 2 rings (SSSR count). The van der Waals surface area contributed by atoms with Crippen molar-refractivity contribution in [3.63, 3.8) is 0 Å². The molecule has 0 aromatic carbocycles. The molecule has 106 valence electrons. The van der Waals surface area contributed by atoms with Crippen molar-refractivity contribution in [3.05, 3.63) is 0 Å². The van der Waals surface area contributed by atoms with Gasteiger partial charge in [0.1, 0.15) is 0 Å². The van der Waals surface area contributed by atoms with Crippen LogP contribution in [0.2, 0.25) is 0 Å². The third kappa shape index (κ3) is 3.94. The Bertz CT molecular complexity index is 233. The maximum Gasteiger partial charge on any atom is 0.0445 e. The molecule has 3 nitrogen and oxygen atoms in total. The highest BCUT2D eigenvalue weighted by molar-refractivity contribution is 4.80. The van der Waals surface area contributed by atoms with Gasteiger partial charge in [0.05, 0.1) is 0 Å². The van der Waals surface area contributed by atoms with Crippen molar-refractivity contribution in [3.8, 4) is 0 Å². The van der Waals surface area contributed by atoms with Gasteiger partial charge in [-0.3, -0.25) is 0 Å². The van der Waals surface area contributed by atoms with Crippen LogP contribution in [0.5, 0.6) is 0 Å². The van der Waals surface area contributed by atoms with E-state index in [9.17, 15) is 0 Å². The molecule has 2 fully saturated rings. The molecule has 2 atom stereocenters. The summed E-state index contributed by atoms with van der Waals surface area (Å²) in [5, 5.41) is 9.16. The molecule has 0 bridgehead atoms. The first-order valence-electron chi connectivity index (χ1n) is 7.86. The molecule has 2 unspecified atom stereocenters. The first kappa shape index (κ1) is 14.3. The Balaban J connectivity index is 1.76. The van der Waals surface area contributed by atoms with Crippen LogP contribution in [-0.2, 0) is 0 Å². The van der Waals surface area contributed by atoms with E-state index in [0.29, 0.717) is 12.6 Å². The summed E-state index contributed by atoms with van der Waals surface area (Å²) in [5.74, 6) is 0. The molecule has 0 aromatic heterocycles. The molecule has 0 saturated carbocycles. The zero-order chi connectivity index (χ0) is 12.8. The molecule has 2 aliphatic heterocycles. The first-order chi connectivity index (χ1) is 8.81. The minimum Gasteiger partial charge on any atom is -0.396 e. The van der Waals surface area contributed by atoms with E-state index in [1.165, 1.54) is 64.6 Å². The molecule has 0 aliphatic carbocycles. The Labute approximate surface area is 112 Å². The minimum atomic E-state index is 0.352. The van der Waals surface area contributed by atoms with E-state index in [1.807, 2.05) is 0 Å². The topological polar surface area (TPSA) is 26.7 Å². The molecule has 0 amide bonds. The average Bonchev–Trinajstić information content (AvgIpc) is 2.40. The Morgan fingerprint density at radius 2 is 1.67 bits per heavy atom.